The van der Waals surface area contributed by atoms with E-state index in [0.717, 1.165) is 27.8 Å². The molecule has 2 aromatic carbocycles. The van der Waals surface area contributed by atoms with Crippen molar-refractivity contribution < 1.29 is 23.9 Å². The first-order valence-corrected chi connectivity index (χ1v) is 10.5. The third-order valence-electron chi connectivity index (χ3n) is 4.72. The van der Waals surface area contributed by atoms with Crippen LogP contribution in [0.5, 0.6) is 11.5 Å². The lowest BCUT2D eigenvalue weighted by Gasteiger charge is -2.13. The number of anilines is 1. The number of thioether (sulfide) groups is 1. The molecule has 1 heterocycles. The number of methoxy groups -OCH3 is 2. The van der Waals surface area contributed by atoms with E-state index in [1.54, 1.807) is 18.2 Å². The van der Waals surface area contributed by atoms with Gasteiger partial charge in [-0.15, -0.1) is 0 Å². The summed E-state index contributed by atoms with van der Waals surface area (Å²) in [5.41, 5.74) is 3.30. The van der Waals surface area contributed by atoms with Crippen LogP contribution in [0.4, 0.5) is 10.5 Å². The summed E-state index contributed by atoms with van der Waals surface area (Å²) in [4.78, 5) is 38.5. The van der Waals surface area contributed by atoms with E-state index in [2.05, 4.69) is 5.32 Å². The largest absolute Gasteiger partial charge is 0.493 e. The van der Waals surface area contributed by atoms with Gasteiger partial charge in [0.1, 0.15) is 6.54 Å². The predicted molar refractivity (Wildman–Crippen MR) is 122 cm³/mol. The number of carbonyl (C=O) groups is 3. The van der Waals surface area contributed by atoms with E-state index in [1.165, 1.54) is 20.3 Å². The number of halogens is 1. The highest BCUT2D eigenvalue weighted by molar-refractivity contribution is 8.18. The summed E-state index contributed by atoms with van der Waals surface area (Å²) in [6, 6.07) is 8.74. The van der Waals surface area contributed by atoms with Gasteiger partial charge in [0.25, 0.3) is 11.1 Å². The van der Waals surface area contributed by atoms with Gasteiger partial charge in [-0.05, 0) is 72.6 Å². The minimum Gasteiger partial charge on any atom is -0.493 e. The number of hydrogen-bond acceptors (Lipinski definition) is 6. The molecule has 31 heavy (non-hydrogen) atoms. The summed E-state index contributed by atoms with van der Waals surface area (Å²) in [6.07, 6.45) is 1.53. The average molecular weight is 461 g/mol. The highest BCUT2D eigenvalue weighted by atomic mass is 35.5. The third kappa shape index (κ3) is 5.03. The number of nitrogens with zero attached hydrogens (tertiary/aromatic N) is 1. The minimum atomic E-state index is -0.545. The van der Waals surface area contributed by atoms with Crippen LogP contribution in [0.25, 0.3) is 6.08 Å². The van der Waals surface area contributed by atoms with Crippen molar-refractivity contribution in [1.82, 2.24) is 4.90 Å². The van der Waals surface area contributed by atoms with E-state index >= 15 is 0 Å². The van der Waals surface area contributed by atoms with Crippen LogP contribution in [0.2, 0.25) is 5.02 Å². The first-order chi connectivity index (χ1) is 14.7. The lowest BCUT2D eigenvalue weighted by Crippen LogP contribution is -2.36. The molecule has 7 nitrogen and oxygen atoms in total. The van der Waals surface area contributed by atoms with Crippen LogP contribution in [-0.4, -0.2) is 42.7 Å². The first kappa shape index (κ1) is 22.7. The summed E-state index contributed by atoms with van der Waals surface area (Å²) in [6.45, 7) is 3.54. The van der Waals surface area contributed by atoms with E-state index in [1.807, 2.05) is 26.0 Å². The molecule has 1 aliphatic heterocycles. The normalized spacial score (nSPS) is 14.9. The van der Waals surface area contributed by atoms with Gasteiger partial charge in [0.15, 0.2) is 11.5 Å². The quantitative estimate of drug-likeness (QED) is 0.631. The first-order valence-electron chi connectivity index (χ1n) is 9.27. The molecule has 0 unspecified atom stereocenters. The monoisotopic (exact) mass is 460 g/mol. The van der Waals surface area contributed by atoms with Crippen molar-refractivity contribution >= 4 is 52.2 Å². The Morgan fingerprint density at radius 2 is 1.87 bits per heavy atom. The van der Waals surface area contributed by atoms with E-state index in [9.17, 15) is 14.4 Å². The second-order valence-corrected chi connectivity index (χ2v) is 8.25. The molecule has 0 aliphatic carbocycles. The van der Waals surface area contributed by atoms with E-state index in [0.29, 0.717) is 27.8 Å². The summed E-state index contributed by atoms with van der Waals surface area (Å²) in [5, 5.41) is 2.51. The number of carbonyl (C=O) groups excluding carboxylic acids is 3. The number of benzene rings is 2. The molecule has 1 saturated heterocycles. The Bertz CT molecular complexity index is 1100. The molecule has 3 amide bonds. The summed E-state index contributed by atoms with van der Waals surface area (Å²) >= 11 is 6.97. The van der Waals surface area contributed by atoms with Gasteiger partial charge in [-0.3, -0.25) is 19.3 Å². The molecular formula is C22H21ClN2O5S. The number of aryl methyl sites for hydroxylation is 2. The second kappa shape index (κ2) is 9.45. The Morgan fingerprint density at radius 1 is 1.13 bits per heavy atom. The second-order valence-electron chi connectivity index (χ2n) is 6.85. The number of rotatable bonds is 6. The number of nitrogens with one attached hydrogen (secondary N) is 1. The fourth-order valence-corrected chi connectivity index (χ4v) is 4.11. The topological polar surface area (TPSA) is 84.9 Å². The van der Waals surface area contributed by atoms with Gasteiger partial charge in [0, 0.05) is 5.69 Å². The van der Waals surface area contributed by atoms with Crippen molar-refractivity contribution in [3.05, 3.63) is 56.9 Å². The Kier molecular flexibility index (Phi) is 6.92. The summed E-state index contributed by atoms with van der Waals surface area (Å²) in [7, 11) is 2.94. The van der Waals surface area contributed by atoms with Gasteiger partial charge in [-0.25, -0.2) is 0 Å². The van der Waals surface area contributed by atoms with Crippen LogP contribution >= 0.6 is 23.4 Å². The standard InChI is InChI=1S/C22H21ClN2O5S/c1-12-5-6-15(7-13(12)2)24-19(26)11-25-21(27)18(31-22(25)28)10-14-8-16(23)20(30-4)17(9-14)29-3/h5-10H,11H2,1-4H3,(H,24,26)/b18-10-. The molecule has 9 heteroatoms. The molecule has 1 aliphatic rings. The molecule has 0 bridgehead atoms. The highest BCUT2D eigenvalue weighted by Gasteiger charge is 2.36. The Labute approximate surface area is 189 Å². The van der Waals surface area contributed by atoms with Crippen molar-refractivity contribution in [2.24, 2.45) is 0 Å². The Hall–Kier alpha value is -2.97. The number of imide groups is 1. The lowest BCUT2D eigenvalue weighted by molar-refractivity contribution is -0.127. The molecule has 3 rings (SSSR count). The minimum absolute atomic E-state index is 0.187. The van der Waals surface area contributed by atoms with Crippen molar-refractivity contribution in [1.29, 1.82) is 0 Å². The molecule has 1 N–H and O–H groups in total. The molecule has 0 spiro atoms. The Balaban J connectivity index is 1.75. The zero-order valence-corrected chi connectivity index (χ0v) is 19.0. The Morgan fingerprint density at radius 3 is 2.52 bits per heavy atom. The number of amides is 3. The van der Waals surface area contributed by atoms with E-state index in [-0.39, 0.29) is 11.4 Å². The van der Waals surface area contributed by atoms with Crippen LogP contribution in [-0.2, 0) is 9.59 Å². The fraction of sp³-hybridized carbons (Fsp3) is 0.227. The van der Waals surface area contributed by atoms with Crippen molar-refractivity contribution in [3.63, 3.8) is 0 Å². The third-order valence-corrected chi connectivity index (χ3v) is 5.91. The average Bonchev–Trinajstić information content (AvgIpc) is 2.97. The van der Waals surface area contributed by atoms with E-state index in [4.69, 9.17) is 21.1 Å². The molecule has 0 atom stereocenters. The van der Waals surface area contributed by atoms with Gasteiger partial charge in [0.05, 0.1) is 24.1 Å². The SMILES string of the molecule is COc1cc(/C=C2\SC(=O)N(CC(=O)Nc3ccc(C)c(C)c3)C2=O)cc(Cl)c1OC. The van der Waals surface area contributed by atoms with Crippen LogP contribution in [0.3, 0.4) is 0 Å². The van der Waals surface area contributed by atoms with Gasteiger partial charge in [0.2, 0.25) is 5.91 Å². The zero-order chi connectivity index (χ0) is 22.7. The molecule has 0 aromatic heterocycles. The highest BCUT2D eigenvalue weighted by Crippen LogP contribution is 2.38. The molecule has 0 radical (unpaired) electrons. The van der Waals surface area contributed by atoms with Crippen LogP contribution in [0.1, 0.15) is 16.7 Å². The lowest BCUT2D eigenvalue weighted by atomic mass is 10.1. The van der Waals surface area contributed by atoms with Gasteiger partial charge >= 0.3 is 0 Å². The van der Waals surface area contributed by atoms with Crippen LogP contribution in [0.15, 0.2) is 35.2 Å². The maximum Gasteiger partial charge on any atom is 0.294 e. The number of hydrogen-bond donors (Lipinski definition) is 1. The van der Waals surface area contributed by atoms with Crippen LogP contribution in [0, 0.1) is 13.8 Å². The van der Waals surface area contributed by atoms with Gasteiger partial charge < -0.3 is 14.8 Å². The molecule has 0 saturated carbocycles. The van der Waals surface area contributed by atoms with E-state index < -0.39 is 17.1 Å². The van der Waals surface area contributed by atoms with Gasteiger partial charge in [-0.2, -0.15) is 0 Å². The summed E-state index contributed by atoms with van der Waals surface area (Å²) < 4.78 is 10.5. The maximum atomic E-state index is 12.7. The molecule has 162 valence electrons. The maximum absolute atomic E-state index is 12.7. The molecule has 1 fully saturated rings. The van der Waals surface area contributed by atoms with Crippen molar-refractivity contribution in [2.75, 3.05) is 26.1 Å². The summed E-state index contributed by atoms with van der Waals surface area (Å²) in [5.74, 6) is -0.234. The number of ether oxygens (including phenoxy) is 2. The predicted octanol–water partition coefficient (Wildman–Crippen LogP) is 4.65. The fourth-order valence-electron chi connectivity index (χ4n) is 2.97. The van der Waals surface area contributed by atoms with Crippen molar-refractivity contribution in [3.8, 4) is 11.5 Å². The van der Waals surface area contributed by atoms with Gasteiger partial charge in [-0.1, -0.05) is 17.7 Å². The van der Waals surface area contributed by atoms with Crippen LogP contribution < -0.4 is 14.8 Å². The smallest absolute Gasteiger partial charge is 0.294 e. The molecular weight excluding hydrogens is 440 g/mol. The molecule has 2 aromatic rings. The zero-order valence-electron chi connectivity index (χ0n) is 17.4. The van der Waals surface area contributed by atoms with Crippen molar-refractivity contribution in [2.45, 2.75) is 13.8 Å².